The third kappa shape index (κ3) is 4.14. The molecule has 0 unspecified atom stereocenters. The lowest BCUT2D eigenvalue weighted by Crippen LogP contribution is -2.30. The number of carbonyl (C=O) groups is 1. The van der Waals surface area contributed by atoms with Crippen LogP contribution in [-0.2, 0) is 6.18 Å². The number of nitrogens with zero attached hydrogens (tertiary/aromatic N) is 2. The number of nitriles is 1. The van der Waals surface area contributed by atoms with Gasteiger partial charge >= 0.3 is 6.18 Å². The first-order chi connectivity index (χ1) is 12.3. The number of amides is 1. The van der Waals surface area contributed by atoms with Crippen LogP contribution in [0.1, 0.15) is 35.3 Å². The van der Waals surface area contributed by atoms with E-state index >= 15 is 0 Å². The number of carbonyl (C=O) groups excluding carboxylic acids is 1. The van der Waals surface area contributed by atoms with Gasteiger partial charge in [0.2, 0.25) is 0 Å². The van der Waals surface area contributed by atoms with Gasteiger partial charge in [-0.1, -0.05) is 12.1 Å². The van der Waals surface area contributed by atoms with Crippen molar-refractivity contribution < 1.29 is 22.7 Å². The Morgan fingerprint density at radius 1 is 1.15 bits per heavy atom. The van der Waals surface area contributed by atoms with E-state index < -0.39 is 17.3 Å². The predicted octanol–water partition coefficient (Wildman–Crippen LogP) is 4.85. The number of benzene rings is 2. The Hall–Kier alpha value is -3.01. The molecule has 2 aromatic rings. The van der Waals surface area contributed by atoms with Gasteiger partial charge in [-0.3, -0.25) is 4.79 Å². The largest absolute Gasteiger partial charge is 0.457 e. The highest BCUT2D eigenvalue weighted by Crippen LogP contribution is 2.36. The molecule has 0 heterocycles. The molecule has 0 radical (unpaired) electrons. The van der Waals surface area contributed by atoms with Crippen LogP contribution in [0.25, 0.3) is 0 Å². The van der Waals surface area contributed by atoms with Gasteiger partial charge in [0.1, 0.15) is 11.5 Å². The molecule has 1 amide bonds. The lowest BCUT2D eigenvalue weighted by Gasteiger charge is -2.20. The minimum absolute atomic E-state index is 0.101. The molecule has 4 nitrogen and oxygen atoms in total. The van der Waals surface area contributed by atoms with E-state index in [2.05, 4.69) is 0 Å². The molecule has 0 N–H and O–H groups in total. The molecule has 26 heavy (non-hydrogen) atoms. The lowest BCUT2D eigenvalue weighted by molar-refractivity contribution is -0.137. The highest BCUT2D eigenvalue weighted by Gasteiger charge is 2.34. The maximum atomic E-state index is 13.1. The highest BCUT2D eigenvalue weighted by atomic mass is 19.4. The molecule has 2 aromatic carbocycles. The van der Waals surface area contributed by atoms with Crippen molar-refractivity contribution in [2.75, 3.05) is 13.1 Å². The molecule has 0 spiro atoms. The summed E-state index contributed by atoms with van der Waals surface area (Å²) in [4.78, 5) is 14.2. The molecule has 0 aromatic heterocycles. The van der Waals surface area contributed by atoms with Crippen LogP contribution >= 0.6 is 0 Å². The number of rotatable bonds is 5. The van der Waals surface area contributed by atoms with Gasteiger partial charge in [-0.25, -0.2) is 0 Å². The Kier molecular flexibility index (Phi) is 5.88. The summed E-state index contributed by atoms with van der Waals surface area (Å²) in [6, 6.07) is 11.0. The van der Waals surface area contributed by atoms with E-state index in [0.717, 1.165) is 12.1 Å². The van der Waals surface area contributed by atoms with Crippen LogP contribution in [0, 0.1) is 11.3 Å². The van der Waals surface area contributed by atoms with Gasteiger partial charge in [0.15, 0.2) is 0 Å². The zero-order valence-electron chi connectivity index (χ0n) is 14.3. The maximum absolute atomic E-state index is 13.1. The molecule has 7 heteroatoms. The van der Waals surface area contributed by atoms with E-state index in [-0.39, 0.29) is 23.0 Å². The van der Waals surface area contributed by atoms with Gasteiger partial charge in [-0.2, -0.15) is 18.4 Å². The SMILES string of the molecule is CCN(CC)C(=O)c1ccccc1Oc1ccc(C#N)c(C(F)(F)F)c1. The average Bonchev–Trinajstić information content (AvgIpc) is 2.62. The van der Waals surface area contributed by atoms with Gasteiger partial charge in [0, 0.05) is 13.1 Å². The van der Waals surface area contributed by atoms with E-state index in [0.29, 0.717) is 13.1 Å². The average molecular weight is 362 g/mol. The fraction of sp³-hybridized carbons (Fsp3) is 0.263. The summed E-state index contributed by atoms with van der Waals surface area (Å²) in [5, 5.41) is 8.85. The maximum Gasteiger partial charge on any atom is 0.417 e. The van der Waals surface area contributed by atoms with E-state index in [1.807, 2.05) is 13.8 Å². The van der Waals surface area contributed by atoms with Gasteiger partial charge in [0.25, 0.3) is 5.91 Å². The summed E-state index contributed by atoms with van der Waals surface area (Å²) >= 11 is 0. The topological polar surface area (TPSA) is 53.3 Å². The van der Waals surface area contributed by atoms with E-state index in [9.17, 15) is 18.0 Å². The summed E-state index contributed by atoms with van der Waals surface area (Å²) in [5.41, 5.74) is -1.31. The highest BCUT2D eigenvalue weighted by molar-refractivity contribution is 5.97. The van der Waals surface area contributed by atoms with Gasteiger partial charge in [-0.15, -0.1) is 0 Å². The molecule has 0 bridgehead atoms. The smallest absolute Gasteiger partial charge is 0.417 e. The Balaban J connectivity index is 2.42. The summed E-state index contributed by atoms with van der Waals surface area (Å²) in [7, 11) is 0. The molecular formula is C19H17F3N2O2. The van der Waals surface area contributed by atoms with Crippen molar-refractivity contribution in [2.24, 2.45) is 0 Å². The zero-order chi connectivity index (χ0) is 19.3. The molecule has 0 aliphatic rings. The van der Waals surface area contributed by atoms with Crippen LogP contribution in [0.3, 0.4) is 0 Å². The normalized spacial score (nSPS) is 10.9. The first-order valence-corrected chi connectivity index (χ1v) is 7.99. The molecule has 0 saturated heterocycles. The number of alkyl halides is 3. The molecule has 0 atom stereocenters. The van der Waals surface area contributed by atoms with Crippen LogP contribution in [0.15, 0.2) is 42.5 Å². The summed E-state index contributed by atoms with van der Waals surface area (Å²) in [6.07, 6.45) is -4.68. The second-order valence-corrected chi connectivity index (χ2v) is 5.39. The number of ether oxygens (including phenoxy) is 1. The Bertz CT molecular complexity index is 837. The van der Waals surface area contributed by atoms with Crippen LogP contribution in [0.4, 0.5) is 13.2 Å². The fourth-order valence-electron chi connectivity index (χ4n) is 2.46. The molecule has 0 aliphatic carbocycles. The van der Waals surface area contributed by atoms with Crippen molar-refractivity contribution in [3.05, 3.63) is 59.2 Å². The van der Waals surface area contributed by atoms with Crippen LogP contribution in [0.5, 0.6) is 11.5 Å². The van der Waals surface area contributed by atoms with E-state index in [4.69, 9.17) is 10.00 Å². The predicted molar refractivity (Wildman–Crippen MR) is 89.9 cm³/mol. The van der Waals surface area contributed by atoms with E-state index in [1.165, 1.54) is 18.2 Å². The first kappa shape index (κ1) is 19.3. The second kappa shape index (κ2) is 7.91. The quantitative estimate of drug-likeness (QED) is 0.764. The molecule has 0 fully saturated rings. The monoisotopic (exact) mass is 362 g/mol. The molecule has 0 saturated carbocycles. The van der Waals surface area contributed by atoms with Crippen molar-refractivity contribution >= 4 is 5.91 Å². The van der Waals surface area contributed by atoms with Crippen molar-refractivity contribution in [3.8, 4) is 17.6 Å². The lowest BCUT2D eigenvalue weighted by atomic mass is 10.1. The van der Waals surface area contributed by atoms with E-state index in [1.54, 1.807) is 23.1 Å². The standard InChI is InChI=1S/C19H17F3N2O2/c1-3-24(4-2)18(25)15-7-5-6-8-17(15)26-14-10-9-13(12-23)16(11-14)19(20,21)22/h5-11H,3-4H2,1-2H3. The van der Waals surface area contributed by atoms with Crippen molar-refractivity contribution in [1.82, 2.24) is 4.90 Å². The van der Waals surface area contributed by atoms with Crippen molar-refractivity contribution in [1.29, 1.82) is 5.26 Å². The molecular weight excluding hydrogens is 345 g/mol. The summed E-state index contributed by atoms with van der Waals surface area (Å²) in [5.74, 6) is -0.214. The van der Waals surface area contributed by atoms with Gasteiger partial charge in [0.05, 0.1) is 22.8 Å². The molecule has 2 rings (SSSR count). The Morgan fingerprint density at radius 3 is 2.38 bits per heavy atom. The van der Waals surface area contributed by atoms with Crippen LogP contribution < -0.4 is 4.74 Å². The number of hydrogen-bond donors (Lipinski definition) is 0. The Labute approximate surface area is 149 Å². The van der Waals surface area contributed by atoms with Crippen LogP contribution in [-0.4, -0.2) is 23.9 Å². The van der Waals surface area contributed by atoms with Gasteiger partial charge < -0.3 is 9.64 Å². The number of hydrogen-bond acceptors (Lipinski definition) is 3. The molecule has 0 aliphatic heterocycles. The second-order valence-electron chi connectivity index (χ2n) is 5.39. The van der Waals surface area contributed by atoms with Crippen molar-refractivity contribution in [3.63, 3.8) is 0 Å². The first-order valence-electron chi connectivity index (χ1n) is 7.99. The number of para-hydroxylation sites is 1. The third-order valence-electron chi connectivity index (χ3n) is 3.81. The Morgan fingerprint density at radius 2 is 1.81 bits per heavy atom. The summed E-state index contributed by atoms with van der Waals surface area (Å²) < 4.78 is 44.8. The number of halogens is 3. The fourth-order valence-corrected chi connectivity index (χ4v) is 2.46. The molecule has 136 valence electrons. The van der Waals surface area contributed by atoms with Crippen molar-refractivity contribution in [2.45, 2.75) is 20.0 Å². The minimum atomic E-state index is -4.68. The van der Waals surface area contributed by atoms with Gasteiger partial charge in [-0.05, 0) is 44.2 Å². The zero-order valence-corrected chi connectivity index (χ0v) is 14.3. The summed E-state index contributed by atoms with van der Waals surface area (Å²) in [6.45, 7) is 4.67. The minimum Gasteiger partial charge on any atom is -0.457 e. The third-order valence-corrected chi connectivity index (χ3v) is 3.81. The van der Waals surface area contributed by atoms with Crippen LogP contribution in [0.2, 0.25) is 0 Å².